The number of carbonyl (C=O) groups excluding carboxylic acids is 1. The zero-order valence-electron chi connectivity index (χ0n) is 13.1. The van der Waals surface area contributed by atoms with Gasteiger partial charge in [0.05, 0.1) is 12.6 Å². The van der Waals surface area contributed by atoms with Crippen molar-refractivity contribution in [2.75, 3.05) is 13.6 Å². The molecular weight excluding hydrogens is 252 g/mol. The summed E-state index contributed by atoms with van der Waals surface area (Å²) in [6, 6.07) is 2.94. The van der Waals surface area contributed by atoms with E-state index in [-0.39, 0.29) is 11.8 Å². The van der Waals surface area contributed by atoms with E-state index in [0.29, 0.717) is 18.6 Å². The van der Waals surface area contributed by atoms with Gasteiger partial charge in [-0.3, -0.25) is 9.69 Å². The fourth-order valence-corrected chi connectivity index (χ4v) is 2.53. The van der Waals surface area contributed by atoms with Gasteiger partial charge in [0.25, 0.3) is 0 Å². The summed E-state index contributed by atoms with van der Waals surface area (Å²) in [6.45, 7) is 5.99. The average molecular weight is 280 g/mol. The van der Waals surface area contributed by atoms with Crippen LogP contribution in [0.4, 0.5) is 0 Å². The van der Waals surface area contributed by atoms with Crippen molar-refractivity contribution >= 4 is 5.91 Å². The van der Waals surface area contributed by atoms with E-state index >= 15 is 0 Å². The van der Waals surface area contributed by atoms with E-state index in [1.54, 1.807) is 6.92 Å². The van der Waals surface area contributed by atoms with Crippen molar-refractivity contribution in [1.29, 1.82) is 5.26 Å². The number of amides is 1. The predicted molar refractivity (Wildman–Crippen MR) is 79.9 cm³/mol. The fraction of sp³-hybridized carbons (Fsp3) is 0.867. The minimum absolute atomic E-state index is 0.0782. The fourth-order valence-electron chi connectivity index (χ4n) is 2.53. The summed E-state index contributed by atoms with van der Waals surface area (Å²) in [6.07, 6.45) is 4.15. The molecule has 1 atom stereocenters. The Bertz CT molecular complexity index is 369. The molecule has 0 aromatic carbocycles. The van der Waals surface area contributed by atoms with Gasteiger partial charge in [-0.1, -0.05) is 13.8 Å². The van der Waals surface area contributed by atoms with E-state index in [0.717, 1.165) is 25.7 Å². The molecule has 0 radical (unpaired) electrons. The number of rotatable bonds is 5. The smallest absolute Gasteiger partial charge is 0.235 e. The Hall–Kier alpha value is -1.12. The van der Waals surface area contributed by atoms with Gasteiger partial charge in [0.15, 0.2) is 0 Å². The predicted octanol–water partition coefficient (Wildman–Crippen LogP) is 1.24. The molecule has 114 valence electrons. The lowest BCUT2D eigenvalue weighted by Crippen LogP contribution is -2.52. The standard InChI is InChI=1S/C15H28N4O/c1-11(2)15(3,10-16)18-14(20)9-19(4)13-7-5-12(17)6-8-13/h11-13H,5-9,17H2,1-4H3,(H,18,20). The summed E-state index contributed by atoms with van der Waals surface area (Å²) >= 11 is 0. The maximum Gasteiger partial charge on any atom is 0.235 e. The first-order valence-electron chi connectivity index (χ1n) is 7.46. The maximum absolute atomic E-state index is 12.1. The van der Waals surface area contributed by atoms with Gasteiger partial charge in [0.1, 0.15) is 5.54 Å². The Balaban J connectivity index is 2.48. The van der Waals surface area contributed by atoms with Crippen molar-refractivity contribution in [3.8, 4) is 6.07 Å². The van der Waals surface area contributed by atoms with E-state index in [1.807, 2.05) is 20.9 Å². The Kier molecular flexibility index (Phi) is 5.97. The van der Waals surface area contributed by atoms with Crippen molar-refractivity contribution in [3.05, 3.63) is 0 Å². The van der Waals surface area contributed by atoms with E-state index in [1.165, 1.54) is 0 Å². The van der Waals surface area contributed by atoms with Gasteiger partial charge in [0.2, 0.25) is 5.91 Å². The van der Waals surface area contributed by atoms with Crippen LogP contribution in [-0.4, -0.2) is 42.0 Å². The number of nitrogens with two attached hydrogens (primary N) is 1. The molecule has 1 saturated carbocycles. The molecule has 0 aromatic heterocycles. The summed E-state index contributed by atoms with van der Waals surface area (Å²) in [5, 5.41) is 12.1. The molecule has 20 heavy (non-hydrogen) atoms. The Morgan fingerprint density at radius 1 is 1.45 bits per heavy atom. The van der Waals surface area contributed by atoms with Crippen LogP contribution >= 0.6 is 0 Å². The third kappa shape index (κ3) is 4.46. The molecule has 0 aliphatic heterocycles. The minimum Gasteiger partial charge on any atom is -0.337 e. The number of nitrogens with one attached hydrogen (secondary N) is 1. The maximum atomic E-state index is 12.1. The first-order valence-corrected chi connectivity index (χ1v) is 7.46. The average Bonchev–Trinajstić information content (AvgIpc) is 2.38. The Labute approximate surface area is 122 Å². The number of nitriles is 1. The molecule has 0 saturated heterocycles. The molecule has 0 spiro atoms. The summed E-state index contributed by atoms with van der Waals surface area (Å²) in [4.78, 5) is 14.2. The number of nitrogens with zero attached hydrogens (tertiary/aromatic N) is 2. The summed E-state index contributed by atoms with van der Waals surface area (Å²) < 4.78 is 0. The zero-order valence-corrected chi connectivity index (χ0v) is 13.1. The Morgan fingerprint density at radius 3 is 2.45 bits per heavy atom. The van der Waals surface area contributed by atoms with Crippen LogP contribution in [0.3, 0.4) is 0 Å². The summed E-state index contributed by atoms with van der Waals surface area (Å²) in [7, 11) is 1.97. The van der Waals surface area contributed by atoms with Crippen LogP contribution in [-0.2, 0) is 4.79 Å². The number of hydrogen-bond donors (Lipinski definition) is 2. The first kappa shape index (κ1) is 16.9. The second kappa shape index (κ2) is 7.05. The molecular formula is C15H28N4O. The highest BCUT2D eigenvalue weighted by atomic mass is 16.2. The molecule has 0 heterocycles. The van der Waals surface area contributed by atoms with E-state index in [2.05, 4.69) is 16.3 Å². The largest absolute Gasteiger partial charge is 0.337 e. The number of hydrogen-bond acceptors (Lipinski definition) is 4. The molecule has 5 nitrogen and oxygen atoms in total. The third-order valence-corrected chi connectivity index (χ3v) is 4.54. The lowest BCUT2D eigenvalue weighted by molar-refractivity contribution is -0.124. The van der Waals surface area contributed by atoms with Crippen molar-refractivity contribution in [3.63, 3.8) is 0 Å². The normalized spacial score (nSPS) is 26.1. The summed E-state index contributed by atoms with van der Waals surface area (Å²) in [5.41, 5.74) is 5.10. The lowest BCUT2D eigenvalue weighted by atomic mass is 9.89. The molecule has 1 rings (SSSR count). The first-order chi connectivity index (χ1) is 9.28. The molecule has 1 unspecified atom stereocenters. The number of carbonyl (C=O) groups is 1. The van der Waals surface area contributed by atoms with Crippen molar-refractivity contribution in [2.45, 2.75) is 64.1 Å². The molecule has 1 amide bonds. The van der Waals surface area contributed by atoms with Gasteiger partial charge in [-0.25, -0.2) is 0 Å². The molecule has 3 N–H and O–H groups in total. The molecule has 1 aliphatic carbocycles. The highest BCUT2D eigenvalue weighted by Crippen LogP contribution is 2.21. The van der Waals surface area contributed by atoms with E-state index < -0.39 is 5.54 Å². The van der Waals surface area contributed by atoms with Crippen LogP contribution in [0.1, 0.15) is 46.5 Å². The monoisotopic (exact) mass is 280 g/mol. The Morgan fingerprint density at radius 2 is 2.00 bits per heavy atom. The minimum atomic E-state index is -0.799. The van der Waals surface area contributed by atoms with Gasteiger partial charge in [-0.15, -0.1) is 0 Å². The van der Waals surface area contributed by atoms with Crippen LogP contribution in [0.2, 0.25) is 0 Å². The van der Waals surface area contributed by atoms with Crippen LogP contribution in [0.15, 0.2) is 0 Å². The molecule has 0 aromatic rings. The second-order valence-corrected chi connectivity index (χ2v) is 6.50. The topological polar surface area (TPSA) is 82.2 Å². The van der Waals surface area contributed by atoms with Crippen molar-refractivity contribution in [2.24, 2.45) is 11.7 Å². The van der Waals surface area contributed by atoms with Gasteiger partial charge >= 0.3 is 0 Å². The van der Waals surface area contributed by atoms with Crippen LogP contribution in [0.25, 0.3) is 0 Å². The van der Waals surface area contributed by atoms with Gasteiger partial charge in [-0.2, -0.15) is 5.26 Å². The highest BCUT2D eigenvalue weighted by Gasteiger charge is 2.31. The third-order valence-electron chi connectivity index (χ3n) is 4.54. The summed E-state index contributed by atoms with van der Waals surface area (Å²) in [5.74, 6) is -0.00504. The van der Waals surface area contributed by atoms with Crippen molar-refractivity contribution < 1.29 is 4.79 Å². The molecule has 1 aliphatic rings. The SMILES string of the molecule is CC(C)C(C)(C#N)NC(=O)CN(C)C1CCC(N)CC1. The zero-order chi connectivity index (χ0) is 15.3. The number of likely N-dealkylation sites (N-methyl/N-ethyl adjacent to an activating group) is 1. The second-order valence-electron chi connectivity index (χ2n) is 6.50. The van der Waals surface area contributed by atoms with E-state index in [4.69, 9.17) is 5.73 Å². The lowest BCUT2D eigenvalue weighted by Gasteiger charge is -2.34. The van der Waals surface area contributed by atoms with E-state index in [9.17, 15) is 10.1 Å². The molecule has 5 heteroatoms. The molecule has 1 fully saturated rings. The highest BCUT2D eigenvalue weighted by molar-refractivity contribution is 5.79. The van der Waals surface area contributed by atoms with Crippen molar-refractivity contribution in [1.82, 2.24) is 10.2 Å². The van der Waals surface area contributed by atoms with Crippen LogP contribution < -0.4 is 11.1 Å². The van der Waals surface area contributed by atoms with Crippen LogP contribution in [0.5, 0.6) is 0 Å². The molecule has 0 bridgehead atoms. The van der Waals surface area contributed by atoms with Gasteiger partial charge in [0, 0.05) is 12.1 Å². The van der Waals surface area contributed by atoms with Gasteiger partial charge < -0.3 is 11.1 Å². The quantitative estimate of drug-likeness (QED) is 0.794. The van der Waals surface area contributed by atoms with Gasteiger partial charge in [-0.05, 0) is 45.6 Å². The van der Waals surface area contributed by atoms with Crippen LogP contribution in [0, 0.1) is 17.2 Å².